The van der Waals surface area contributed by atoms with Crippen LogP contribution in [0, 0.1) is 0 Å². The van der Waals surface area contributed by atoms with E-state index in [9.17, 15) is 9.59 Å². The topological polar surface area (TPSA) is 85.1 Å². The van der Waals surface area contributed by atoms with Gasteiger partial charge < -0.3 is 11.1 Å². The number of hydrogen-bond acceptors (Lipinski definition) is 3. The van der Waals surface area contributed by atoms with Crippen molar-refractivity contribution >= 4 is 11.8 Å². The van der Waals surface area contributed by atoms with Gasteiger partial charge in [0.2, 0.25) is 5.91 Å². The van der Waals surface area contributed by atoms with Crippen molar-refractivity contribution in [1.29, 1.82) is 0 Å². The molecule has 3 N–H and O–H groups in total. The van der Waals surface area contributed by atoms with Crippen LogP contribution in [0.2, 0.25) is 0 Å². The van der Waals surface area contributed by atoms with E-state index in [0.717, 1.165) is 0 Å². The zero-order valence-corrected chi connectivity index (χ0v) is 6.86. The molecule has 0 saturated carbocycles. The van der Waals surface area contributed by atoms with E-state index >= 15 is 0 Å². The predicted molar refractivity (Wildman–Crippen MR) is 45.8 cm³/mol. The first-order valence-corrected chi connectivity index (χ1v) is 3.66. The van der Waals surface area contributed by atoms with Crippen LogP contribution in [0.1, 0.15) is 10.4 Å². The highest BCUT2D eigenvalue weighted by Gasteiger charge is 2.04. The molecule has 1 aromatic heterocycles. The van der Waals surface area contributed by atoms with Gasteiger partial charge in [0.15, 0.2) is 0 Å². The Balaban J connectivity index is 2.54. The van der Waals surface area contributed by atoms with Crippen LogP contribution >= 0.6 is 0 Å². The Morgan fingerprint density at radius 3 is 2.85 bits per heavy atom. The molecule has 0 spiro atoms. The van der Waals surface area contributed by atoms with E-state index in [1.165, 1.54) is 6.20 Å². The van der Waals surface area contributed by atoms with Gasteiger partial charge in [0.1, 0.15) is 0 Å². The van der Waals surface area contributed by atoms with Crippen LogP contribution in [0.5, 0.6) is 0 Å². The SMILES string of the molecule is NC(=O)CNC(=O)c1cccnc1. The molecule has 5 nitrogen and oxygen atoms in total. The summed E-state index contributed by atoms with van der Waals surface area (Å²) in [5.74, 6) is -0.927. The minimum Gasteiger partial charge on any atom is -0.368 e. The summed E-state index contributed by atoms with van der Waals surface area (Å²) < 4.78 is 0. The summed E-state index contributed by atoms with van der Waals surface area (Å²) in [5.41, 5.74) is 5.26. The Labute approximate surface area is 75.0 Å². The van der Waals surface area contributed by atoms with Crippen LogP contribution in [0.15, 0.2) is 24.5 Å². The van der Waals surface area contributed by atoms with E-state index in [2.05, 4.69) is 10.3 Å². The number of rotatable bonds is 3. The van der Waals surface area contributed by atoms with Gasteiger partial charge >= 0.3 is 0 Å². The molecule has 0 aliphatic heterocycles. The first-order chi connectivity index (χ1) is 6.20. The molecule has 13 heavy (non-hydrogen) atoms. The van der Waals surface area contributed by atoms with Gasteiger partial charge in [-0.3, -0.25) is 14.6 Å². The minimum atomic E-state index is -0.572. The lowest BCUT2D eigenvalue weighted by molar-refractivity contribution is -0.117. The van der Waals surface area contributed by atoms with Gasteiger partial charge in [-0.15, -0.1) is 0 Å². The number of primary amides is 1. The van der Waals surface area contributed by atoms with Crippen LogP contribution in [0.4, 0.5) is 0 Å². The Bertz CT molecular complexity index is 310. The largest absolute Gasteiger partial charge is 0.368 e. The lowest BCUT2D eigenvalue weighted by Crippen LogP contribution is -2.33. The quantitative estimate of drug-likeness (QED) is 0.643. The summed E-state index contributed by atoms with van der Waals surface area (Å²) in [6.07, 6.45) is 2.97. The first kappa shape index (κ1) is 9.18. The molecule has 5 heteroatoms. The molecular weight excluding hydrogens is 170 g/mol. The Hall–Kier alpha value is -1.91. The lowest BCUT2D eigenvalue weighted by Gasteiger charge is -2.00. The number of carbonyl (C=O) groups excluding carboxylic acids is 2. The van der Waals surface area contributed by atoms with Crippen LogP contribution in [0.25, 0.3) is 0 Å². The molecule has 0 aliphatic carbocycles. The van der Waals surface area contributed by atoms with E-state index in [-0.39, 0.29) is 12.5 Å². The molecule has 1 aromatic rings. The van der Waals surface area contributed by atoms with E-state index in [1.807, 2.05) is 0 Å². The first-order valence-electron chi connectivity index (χ1n) is 3.66. The molecule has 0 radical (unpaired) electrons. The van der Waals surface area contributed by atoms with Gasteiger partial charge in [-0.25, -0.2) is 0 Å². The number of pyridine rings is 1. The highest BCUT2D eigenvalue weighted by molar-refractivity contribution is 5.95. The van der Waals surface area contributed by atoms with Crippen molar-refractivity contribution in [2.45, 2.75) is 0 Å². The van der Waals surface area contributed by atoms with E-state index in [4.69, 9.17) is 5.73 Å². The molecule has 1 heterocycles. The fourth-order valence-corrected chi connectivity index (χ4v) is 0.767. The molecule has 0 aliphatic rings. The van der Waals surface area contributed by atoms with Crippen molar-refractivity contribution in [3.8, 4) is 0 Å². The van der Waals surface area contributed by atoms with Gasteiger partial charge in [-0.1, -0.05) is 0 Å². The number of amides is 2. The maximum absolute atomic E-state index is 11.2. The maximum Gasteiger partial charge on any atom is 0.253 e. The average molecular weight is 179 g/mol. The number of aromatic nitrogens is 1. The van der Waals surface area contributed by atoms with Gasteiger partial charge in [0, 0.05) is 12.4 Å². The number of nitrogens with one attached hydrogen (secondary N) is 1. The molecule has 0 unspecified atom stereocenters. The second kappa shape index (κ2) is 4.20. The van der Waals surface area contributed by atoms with Crippen molar-refractivity contribution in [2.75, 3.05) is 6.54 Å². The maximum atomic E-state index is 11.2. The van der Waals surface area contributed by atoms with Crippen LogP contribution in [-0.4, -0.2) is 23.3 Å². The summed E-state index contributed by atoms with van der Waals surface area (Å²) in [4.78, 5) is 25.3. The number of carbonyl (C=O) groups is 2. The Morgan fingerprint density at radius 2 is 2.31 bits per heavy atom. The van der Waals surface area contributed by atoms with Crippen LogP contribution in [0.3, 0.4) is 0 Å². The Morgan fingerprint density at radius 1 is 1.54 bits per heavy atom. The zero-order valence-electron chi connectivity index (χ0n) is 6.86. The van der Waals surface area contributed by atoms with E-state index < -0.39 is 5.91 Å². The molecule has 68 valence electrons. The molecule has 1 rings (SSSR count). The van der Waals surface area contributed by atoms with Crippen molar-refractivity contribution in [3.05, 3.63) is 30.1 Å². The molecule has 0 atom stereocenters. The van der Waals surface area contributed by atoms with Gasteiger partial charge in [-0.05, 0) is 12.1 Å². The average Bonchev–Trinajstić information content (AvgIpc) is 2.15. The molecule has 2 amide bonds. The van der Waals surface area contributed by atoms with Gasteiger partial charge in [0.25, 0.3) is 5.91 Å². The monoisotopic (exact) mass is 179 g/mol. The molecule has 0 saturated heterocycles. The molecule has 0 fully saturated rings. The summed E-state index contributed by atoms with van der Waals surface area (Å²) in [5, 5.41) is 2.34. The van der Waals surface area contributed by atoms with Crippen molar-refractivity contribution < 1.29 is 9.59 Å². The van der Waals surface area contributed by atoms with Crippen molar-refractivity contribution in [2.24, 2.45) is 5.73 Å². The van der Waals surface area contributed by atoms with Gasteiger partial charge in [0.05, 0.1) is 12.1 Å². The lowest BCUT2D eigenvalue weighted by atomic mass is 10.3. The summed E-state index contributed by atoms with van der Waals surface area (Å²) in [6, 6.07) is 3.24. The third-order valence-corrected chi connectivity index (χ3v) is 1.35. The van der Waals surface area contributed by atoms with Crippen LogP contribution < -0.4 is 11.1 Å². The Kier molecular flexibility index (Phi) is 2.97. The predicted octanol–water partition coefficient (Wildman–Crippen LogP) is -0.703. The third-order valence-electron chi connectivity index (χ3n) is 1.35. The number of nitrogens with two attached hydrogens (primary N) is 1. The van der Waals surface area contributed by atoms with E-state index in [1.54, 1.807) is 18.3 Å². The fourth-order valence-electron chi connectivity index (χ4n) is 0.767. The zero-order chi connectivity index (χ0) is 9.68. The van der Waals surface area contributed by atoms with Crippen LogP contribution in [-0.2, 0) is 4.79 Å². The fraction of sp³-hybridized carbons (Fsp3) is 0.125. The number of nitrogens with zero attached hydrogens (tertiary/aromatic N) is 1. The summed E-state index contributed by atoms with van der Waals surface area (Å²) in [7, 11) is 0. The van der Waals surface area contributed by atoms with E-state index in [0.29, 0.717) is 5.56 Å². The minimum absolute atomic E-state index is 0.159. The summed E-state index contributed by atoms with van der Waals surface area (Å²) >= 11 is 0. The van der Waals surface area contributed by atoms with Crippen molar-refractivity contribution in [3.63, 3.8) is 0 Å². The molecular formula is C8H9N3O2. The summed E-state index contributed by atoms with van der Waals surface area (Å²) in [6.45, 7) is -0.159. The highest BCUT2D eigenvalue weighted by atomic mass is 16.2. The standard InChI is InChI=1S/C8H9N3O2/c9-7(12)5-11-8(13)6-2-1-3-10-4-6/h1-4H,5H2,(H2,9,12)(H,11,13). The molecule has 0 bridgehead atoms. The molecule has 0 aromatic carbocycles. The normalized spacial score (nSPS) is 9.23. The third kappa shape index (κ3) is 2.90. The van der Waals surface area contributed by atoms with Gasteiger partial charge in [-0.2, -0.15) is 0 Å². The highest BCUT2D eigenvalue weighted by Crippen LogP contribution is 1.93. The van der Waals surface area contributed by atoms with Crippen molar-refractivity contribution in [1.82, 2.24) is 10.3 Å². The second-order valence-corrected chi connectivity index (χ2v) is 2.39. The second-order valence-electron chi connectivity index (χ2n) is 2.39. The smallest absolute Gasteiger partial charge is 0.253 e. The number of hydrogen-bond donors (Lipinski definition) is 2.